The molecule has 1 heterocycles. The van der Waals surface area contributed by atoms with Gasteiger partial charge in [-0.25, -0.2) is 4.79 Å². The molecule has 30 heavy (non-hydrogen) atoms. The van der Waals surface area contributed by atoms with Crippen molar-refractivity contribution in [3.05, 3.63) is 54.6 Å². The number of amides is 1. The van der Waals surface area contributed by atoms with Gasteiger partial charge in [-0.15, -0.1) is 0 Å². The Balaban J connectivity index is 1.64. The van der Waals surface area contributed by atoms with Crippen molar-refractivity contribution >= 4 is 23.5 Å². The summed E-state index contributed by atoms with van der Waals surface area (Å²) in [6.45, 7) is 2.71. The standard InChI is InChI=1S/C22H23NO7/c1-3-27-20(25)13-23(16-9-5-4-6-10-16)19(24)14-28-22(26)21-15(2)29-17-11-7-8-12-18(17)30-21/h4-12,15,21H,3,13-14H2,1-2H3. The maximum absolute atomic E-state index is 12.7. The van der Waals surface area contributed by atoms with Crippen LogP contribution in [-0.4, -0.2) is 49.8 Å². The van der Waals surface area contributed by atoms with Crippen LogP contribution in [-0.2, 0) is 23.9 Å². The Labute approximate surface area is 174 Å². The summed E-state index contributed by atoms with van der Waals surface area (Å²) in [7, 11) is 0. The number of para-hydroxylation sites is 3. The second kappa shape index (κ2) is 9.78. The third-order valence-electron chi connectivity index (χ3n) is 4.37. The molecule has 3 rings (SSSR count). The summed E-state index contributed by atoms with van der Waals surface area (Å²) in [6, 6.07) is 15.6. The minimum absolute atomic E-state index is 0.197. The number of hydrogen-bond acceptors (Lipinski definition) is 7. The van der Waals surface area contributed by atoms with Crippen molar-refractivity contribution in [3.63, 3.8) is 0 Å². The number of carbonyl (C=O) groups is 3. The van der Waals surface area contributed by atoms with Gasteiger partial charge in [0.05, 0.1) is 6.61 Å². The molecule has 1 amide bonds. The largest absolute Gasteiger partial charge is 0.482 e. The summed E-state index contributed by atoms with van der Waals surface area (Å²) in [5.74, 6) is -0.885. The fourth-order valence-electron chi connectivity index (χ4n) is 2.94. The predicted molar refractivity (Wildman–Crippen MR) is 107 cm³/mol. The van der Waals surface area contributed by atoms with E-state index < -0.39 is 36.7 Å². The maximum Gasteiger partial charge on any atom is 0.351 e. The van der Waals surface area contributed by atoms with Crippen molar-refractivity contribution in [2.24, 2.45) is 0 Å². The molecule has 8 nitrogen and oxygen atoms in total. The van der Waals surface area contributed by atoms with Gasteiger partial charge in [-0.05, 0) is 38.1 Å². The first-order valence-corrected chi connectivity index (χ1v) is 9.59. The van der Waals surface area contributed by atoms with Gasteiger partial charge < -0.3 is 18.9 Å². The molecule has 1 aliphatic heterocycles. The summed E-state index contributed by atoms with van der Waals surface area (Å²) in [6.07, 6.45) is -1.60. The van der Waals surface area contributed by atoms with E-state index >= 15 is 0 Å². The number of hydrogen-bond donors (Lipinski definition) is 0. The molecule has 158 valence electrons. The van der Waals surface area contributed by atoms with Gasteiger partial charge in [-0.2, -0.15) is 0 Å². The average molecular weight is 413 g/mol. The molecule has 2 aromatic rings. The van der Waals surface area contributed by atoms with E-state index in [0.29, 0.717) is 17.2 Å². The number of anilines is 1. The number of fused-ring (bicyclic) bond motifs is 1. The number of benzene rings is 2. The molecule has 2 atom stereocenters. The topological polar surface area (TPSA) is 91.4 Å². The average Bonchev–Trinajstić information content (AvgIpc) is 2.76. The van der Waals surface area contributed by atoms with Crippen molar-refractivity contribution in [2.75, 3.05) is 24.7 Å². The number of rotatable bonds is 7. The molecule has 0 aliphatic carbocycles. The fraction of sp³-hybridized carbons (Fsp3) is 0.318. The predicted octanol–water partition coefficient (Wildman–Crippen LogP) is 2.35. The minimum Gasteiger partial charge on any atom is -0.482 e. The number of nitrogens with zero attached hydrogens (tertiary/aromatic N) is 1. The Morgan fingerprint density at radius 2 is 1.57 bits per heavy atom. The van der Waals surface area contributed by atoms with E-state index in [4.69, 9.17) is 18.9 Å². The van der Waals surface area contributed by atoms with Gasteiger partial charge in [-0.3, -0.25) is 14.5 Å². The van der Waals surface area contributed by atoms with E-state index in [1.54, 1.807) is 68.4 Å². The van der Waals surface area contributed by atoms with Crippen LogP contribution in [0.25, 0.3) is 0 Å². The lowest BCUT2D eigenvalue weighted by Crippen LogP contribution is -2.46. The molecule has 0 N–H and O–H groups in total. The maximum atomic E-state index is 12.7. The van der Waals surface area contributed by atoms with Gasteiger partial charge in [0.2, 0.25) is 6.10 Å². The molecular formula is C22H23NO7. The lowest BCUT2D eigenvalue weighted by atomic mass is 10.2. The van der Waals surface area contributed by atoms with Crippen LogP contribution in [0.5, 0.6) is 11.5 Å². The van der Waals surface area contributed by atoms with Crippen molar-refractivity contribution in [3.8, 4) is 11.5 Å². The minimum atomic E-state index is -1.01. The number of ether oxygens (including phenoxy) is 4. The molecule has 2 aromatic carbocycles. The summed E-state index contributed by atoms with van der Waals surface area (Å²) < 4.78 is 21.5. The Morgan fingerprint density at radius 1 is 0.933 bits per heavy atom. The van der Waals surface area contributed by atoms with E-state index in [0.717, 1.165) is 0 Å². The van der Waals surface area contributed by atoms with Crippen LogP contribution in [0.2, 0.25) is 0 Å². The third kappa shape index (κ3) is 5.08. The van der Waals surface area contributed by atoms with Crippen LogP contribution in [0.1, 0.15) is 13.8 Å². The van der Waals surface area contributed by atoms with Crippen LogP contribution in [0.15, 0.2) is 54.6 Å². The zero-order chi connectivity index (χ0) is 21.5. The van der Waals surface area contributed by atoms with Gasteiger partial charge in [-0.1, -0.05) is 30.3 Å². The summed E-state index contributed by atoms with van der Waals surface area (Å²) in [5.41, 5.74) is 0.492. The second-order valence-electron chi connectivity index (χ2n) is 6.54. The SMILES string of the molecule is CCOC(=O)CN(C(=O)COC(=O)C1Oc2ccccc2OC1C)c1ccccc1. The Morgan fingerprint density at radius 3 is 2.23 bits per heavy atom. The van der Waals surface area contributed by atoms with Gasteiger partial charge in [0.25, 0.3) is 5.91 Å². The Hall–Kier alpha value is -3.55. The van der Waals surface area contributed by atoms with Crippen molar-refractivity contribution in [1.29, 1.82) is 0 Å². The lowest BCUT2D eigenvalue weighted by Gasteiger charge is -2.30. The highest BCUT2D eigenvalue weighted by Crippen LogP contribution is 2.33. The molecule has 2 unspecified atom stereocenters. The second-order valence-corrected chi connectivity index (χ2v) is 6.54. The zero-order valence-corrected chi connectivity index (χ0v) is 16.8. The fourth-order valence-corrected chi connectivity index (χ4v) is 2.94. The molecule has 0 fully saturated rings. The van der Waals surface area contributed by atoms with E-state index in [2.05, 4.69) is 0 Å². The normalized spacial score (nSPS) is 17.0. The molecule has 0 bridgehead atoms. The van der Waals surface area contributed by atoms with Gasteiger partial charge in [0, 0.05) is 5.69 Å². The smallest absolute Gasteiger partial charge is 0.351 e. The first-order chi connectivity index (χ1) is 14.5. The van der Waals surface area contributed by atoms with Crippen LogP contribution < -0.4 is 14.4 Å². The highest BCUT2D eigenvalue weighted by molar-refractivity contribution is 5.99. The van der Waals surface area contributed by atoms with Crippen molar-refractivity contribution < 1.29 is 33.3 Å². The monoisotopic (exact) mass is 413 g/mol. The van der Waals surface area contributed by atoms with Crippen molar-refractivity contribution in [1.82, 2.24) is 0 Å². The number of carbonyl (C=O) groups excluding carboxylic acids is 3. The molecule has 0 saturated heterocycles. The highest BCUT2D eigenvalue weighted by atomic mass is 16.6. The van der Waals surface area contributed by atoms with E-state index in [9.17, 15) is 14.4 Å². The van der Waals surface area contributed by atoms with Crippen LogP contribution in [0.4, 0.5) is 5.69 Å². The molecule has 0 saturated carbocycles. The van der Waals surface area contributed by atoms with Gasteiger partial charge >= 0.3 is 11.9 Å². The van der Waals surface area contributed by atoms with Crippen LogP contribution >= 0.6 is 0 Å². The van der Waals surface area contributed by atoms with Crippen LogP contribution in [0, 0.1) is 0 Å². The molecule has 0 radical (unpaired) electrons. The molecule has 8 heteroatoms. The van der Waals surface area contributed by atoms with Crippen molar-refractivity contribution in [2.45, 2.75) is 26.1 Å². The van der Waals surface area contributed by atoms with Gasteiger partial charge in [0.15, 0.2) is 18.1 Å². The lowest BCUT2D eigenvalue weighted by molar-refractivity contribution is -0.160. The molecule has 1 aliphatic rings. The first-order valence-electron chi connectivity index (χ1n) is 9.59. The van der Waals surface area contributed by atoms with E-state index in [1.165, 1.54) is 4.90 Å². The zero-order valence-electron chi connectivity index (χ0n) is 16.8. The summed E-state index contributed by atoms with van der Waals surface area (Å²) in [5, 5.41) is 0. The number of esters is 2. The highest BCUT2D eigenvalue weighted by Gasteiger charge is 2.36. The quantitative estimate of drug-likeness (QED) is 0.644. The van der Waals surface area contributed by atoms with Crippen LogP contribution in [0.3, 0.4) is 0 Å². The first kappa shape index (κ1) is 21.2. The molecule has 0 spiro atoms. The molecular weight excluding hydrogens is 390 g/mol. The summed E-state index contributed by atoms with van der Waals surface area (Å²) >= 11 is 0. The third-order valence-corrected chi connectivity index (χ3v) is 4.37. The van der Waals surface area contributed by atoms with E-state index in [-0.39, 0.29) is 13.2 Å². The van der Waals surface area contributed by atoms with E-state index in [1.807, 2.05) is 0 Å². The Kier molecular flexibility index (Phi) is 6.90. The van der Waals surface area contributed by atoms with Gasteiger partial charge in [0.1, 0.15) is 12.6 Å². The summed E-state index contributed by atoms with van der Waals surface area (Å²) in [4.78, 5) is 38.4. The molecule has 0 aromatic heterocycles. The Bertz CT molecular complexity index is 899.